The second-order valence-corrected chi connectivity index (χ2v) is 3.88. The molecule has 0 bridgehead atoms. The summed E-state index contributed by atoms with van der Waals surface area (Å²) in [6.07, 6.45) is 5.40. The van der Waals surface area contributed by atoms with Gasteiger partial charge in [0, 0.05) is 11.1 Å². The molecule has 0 aromatic heterocycles. The number of rotatable bonds is 8. The van der Waals surface area contributed by atoms with E-state index < -0.39 is 11.9 Å². The van der Waals surface area contributed by atoms with Crippen molar-refractivity contribution in [3.05, 3.63) is 11.1 Å². The van der Waals surface area contributed by atoms with Crippen LogP contribution in [-0.4, -0.2) is 22.2 Å². The molecule has 92 valence electrons. The van der Waals surface area contributed by atoms with Gasteiger partial charge in [0.05, 0.1) is 0 Å². The topological polar surface area (TPSA) is 74.6 Å². The van der Waals surface area contributed by atoms with Gasteiger partial charge in [-0.2, -0.15) is 0 Å². The fourth-order valence-corrected chi connectivity index (χ4v) is 1.49. The predicted molar refractivity (Wildman–Crippen MR) is 61.3 cm³/mol. The Morgan fingerprint density at radius 2 is 1.50 bits per heavy atom. The van der Waals surface area contributed by atoms with Crippen molar-refractivity contribution in [1.82, 2.24) is 0 Å². The number of hydrogen-bond acceptors (Lipinski definition) is 2. The van der Waals surface area contributed by atoms with Crippen molar-refractivity contribution < 1.29 is 19.8 Å². The van der Waals surface area contributed by atoms with Crippen molar-refractivity contribution in [3.63, 3.8) is 0 Å². The maximum atomic E-state index is 10.8. The Morgan fingerprint density at radius 3 is 1.94 bits per heavy atom. The molecule has 0 saturated carbocycles. The van der Waals surface area contributed by atoms with E-state index in [1.165, 1.54) is 6.92 Å². The van der Waals surface area contributed by atoms with E-state index in [9.17, 15) is 9.59 Å². The first-order valence-corrected chi connectivity index (χ1v) is 5.67. The molecule has 0 saturated heterocycles. The van der Waals surface area contributed by atoms with Gasteiger partial charge in [-0.15, -0.1) is 0 Å². The van der Waals surface area contributed by atoms with E-state index >= 15 is 0 Å². The monoisotopic (exact) mass is 228 g/mol. The average molecular weight is 228 g/mol. The average Bonchev–Trinajstić information content (AvgIpc) is 2.21. The van der Waals surface area contributed by atoms with Crippen LogP contribution < -0.4 is 0 Å². The maximum absolute atomic E-state index is 10.8. The van der Waals surface area contributed by atoms with Crippen LogP contribution in [-0.2, 0) is 9.59 Å². The molecule has 0 rings (SSSR count). The predicted octanol–water partition coefficient (Wildman–Crippen LogP) is 2.83. The van der Waals surface area contributed by atoms with E-state index in [1.807, 2.05) is 0 Å². The lowest BCUT2D eigenvalue weighted by Gasteiger charge is -2.05. The Kier molecular flexibility index (Phi) is 7.25. The molecule has 0 fully saturated rings. The summed E-state index contributed by atoms with van der Waals surface area (Å²) in [5.74, 6) is -2.26. The quantitative estimate of drug-likeness (QED) is 0.495. The SMILES string of the molecule is CCCCCCCC(C(=O)O)=C(C)C(=O)O. The molecule has 2 N–H and O–H groups in total. The first-order valence-electron chi connectivity index (χ1n) is 5.67. The van der Waals surface area contributed by atoms with Gasteiger partial charge in [0.15, 0.2) is 0 Å². The highest BCUT2D eigenvalue weighted by molar-refractivity contribution is 5.98. The van der Waals surface area contributed by atoms with Gasteiger partial charge in [0.25, 0.3) is 0 Å². The zero-order chi connectivity index (χ0) is 12.6. The zero-order valence-electron chi connectivity index (χ0n) is 9.95. The molecule has 4 heteroatoms. The standard InChI is InChI=1S/C12H20O4/c1-3-4-5-6-7-8-10(12(15)16)9(2)11(13)14/h3-8H2,1-2H3,(H,13,14)(H,15,16). The number of unbranched alkanes of at least 4 members (excludes halogenated alkanes) is 4. The van der Waals surface area contributed by atoms with E-state index in [0.29, 0.717) is 6.42 Å². The van der Waals surface area contributed by atoms with Crippen LogP contribution in [0.4, 0.5) is 0 Å². The Labute approximate surface area is 96.0 Å². The lowest BCUT2D eigenvalue weighted by atomic mass is 10.0. The summed E-state index contributed by atoms with van der Waals surface area (Å²) in [4.78, 5) is 21.5. The number of carboxylic acid groups (broad SMARTS) is 2. The summed E-state index contributed by atoms with van der Waals surface area (Å²) in [7, 11) is 0. The molecular weight excluding hydrogens is 208 g/mol. The number of carbonyl (C=O) groups is 2. The molecule has 0 aliphatic heterocycles. The van der Waals surface area contributed by atoms with E-state index in [-0.39, 0.29) is 11.1 Å². The number of hydrogen-bond donors (Lipinski definition) is 2. The minimum atomic E-state index is -1.15. The summed E-state index contributed by atoms with van der Waals surface area (Å²) in [6, 6.07) is 0. The van der Waals surface area contributed by atoms with E-state index in [0.717, 1.165) is 32.1 Å². The molecular formula is C12H20O4. The summed E-state index contributed by atoms with van der Waals surface area (Å²) in [6.45, 7) is 3.45. The molecule has 0 spiro atoms. The van der Waals surface area contributed by atoms with Gasteiger partial charge in [0.1, 0.15) is 0 Å². The highest BCUT2D eigenvalue weighted by atomic mass is 16.4. The minimum absolute atomic E-state index is 0.0315. The van der Waals surface area contributed by atoms with Gasteiger partial charge < -0.3 is 10.2 Å². The highest BCUT2D eigenvalue weighted by Gasteiger charge is 2.15. The van der Waals surface area contributed by atoms with Crippen LogP contribution >= 0.6 is 0 Å². The molecule has 0 aliphatic carbocycles. The van der Waals surface area contributed by atoms with E-state index in [1.54, 1.807) is 0 Å². The Hall–Kier alpha value is -1.32. The van der Waals surface area contributed by atoms with E-state index in [4.69, 9.17) is 10.2 Å². The Morgan fingerprint density at radius 1 is 0.938 bits per heavy atom. The summed E-state index contributed by atoms with van der Waals surface area (Å²) in [5, 5.41) is 17.6. The fraction of sp³-hybridized carbons (Fsp3) is 0.667. The summed E-state index contributed by atoms with van der Waals surface area (Å²) >= 11 is 0. The van der Waals surface area contributed by atoms with Gasteiger partial charge in [-0.05, 0) is 19.8 Å². The smallest absolute Gasteiger partial charge is 0.332 e. The van der Waals surface area contributed by atoms with Gasteiger partial charge in [-0.1, -0.05) is 32.6 Å². The van der Waals surface area contributed by atoms with E-state index in [2.05, 4.69) is 6.92 Å². The minimum Gasteiger partial charge on any atom is -0.478 e. The normalized spacial score (nSPS) is 12.1. The van der Waals surface area contributed by atoms with Crippen molar-refractivity contribution in [2.24, 2.45) is 0 Å². The van der Waals surface area contributed by atoms with Crippen LogP contribution in [0.1, 0.15) is 52.4 Å². The van der Waals surface area contributed by atoms with Crippen molar-refractivity contribution in [2.45, 2.75) is 52.4 Å². The highest BCUT2D eigenvalue weighted by Crippen LogP contribution is 2.15. The largest absolute Gasteiger partial charge is 0.478 e. The van der Waals surface area contributed by atoms with Crippen LogP contribution in [0, 0.1) is 0 Å². The molecule has 0 aliphatic rings. The van der Waals surface area contributed by atoms with Crippen LogP contribution in [0.15, 0.2) is 11.1 Å². The first-order chi connectivity index (χ1) is 7.50. The summed E-state index contributed by atoms with van der Waals surface area (Å²) in [5.41, 5.74) is -0.0213. The van der Waals surface area contributed by atoms with Crippen LogP contribution in [0.5, 0.6) is 0 Å². The molecule has 0 heterocycles. The van der Waals surface area contributed by atoms with Gasteiger partial charge in [0.2, 0.25) is 0 Å². The molecule has 0 aromatic rings. The molecule has 0 unspecified atom stereocenters. The third-order valence-electron chi connectivity index (χ3n) is 2.56. The van der Waals surface area contributed by atoms with Crippen molar-refractivity contribution in [1.29, 1.82) is 0 Å². The van der Waals surface area contributed by atoms with Gasteiger partial charge in [-0.25, -0.2) is 9.59 Å². The van der Waals surface area contributed by atoms with Crippen molar-refractivity contribution >= 4 is 11.9 Å². The lowest BCUT2D eigenvalue weighted by molar-refractivity contribution is -0.136. The Balaban J connectivity index is 4.22. The number of carboxylic acids is 2. The fourth-order valence-electron chi connectivity index (χ4n) is 1.49. The van der Waals surface area contributed by atoms with Crippen molar-refractivity contribution in [2.75, 3.05) is 0 Å². The lowest BCUT2D eigenvalue weighted by Crippen LogP contribution is -2.09. The number of aliphatic carboxylic acids is 2. The second kappa shape index (κ2) is 7.91. The maximum Gasteiger partial charge on any atom is 0.332 e. The zero-order valence-corrected chi connectivity index (χ0v) is 9.95. The van der Waals surface area contributed by atoms with Crippen LogP contribution in [0.3, 0.4) is 0 Å². The molecule has 0 amide bonds. The third kappa shape index (κ3) is 5.53. The molecule has 4 nitrogen and oxygen atoms in total. The van der Waals surface area contributed by atoms with Gasteiger partial charge in [-0.3, -0.25) is 0 Å². The molecule has 0 radical (unpaired) electrons. The molecule has 0 atom stereocenters. The molecule has 0 aromatic carbocycles. The summed E-state index contributed by atoms with van der Waals surface area (Å²) < 4.78 is 0. The first kappa shape index (κ1) is 14.7. The van der Waals surface area contributed by atoms with Crippen molar-refractivity contribution in [3.8, 4) is 0 Å². The second-order valence-electron chi connectivity index (χ2n) is 3.88. The van der Waals surface area contributed by atoms with Crippen LogP contribution in [0.25, 0.3) is 0 Å². The third-order valence-corrected chi connectivity index (χ3v) is 2.56. The Bertz CT molecular complexity index is 279. The van der Waals surface area contributed by atoms with Crippen LogP contribution in [0.2, 0.25) is 0 Å². The molecule has 16 heavy (non-hydrogen) atoms. The van der Waals surface area contributed by atoms with Gasteiger partial charge >= 0.3 is 11.9 Å².